The van der Waals surface area contributed by atoms with Gasteiger partial charge in [0.15, 0.2) is 0 Å². The van der Waals surface area contributed by atoms with Crippen molar-refractivity contribution in [2.45, 2.75) is 5.92 Å². The van der Waals surface area contributed by atoms with Crippen LogP contribution in [0.4, 0.5) is 8.78 Å². The topological polar surface area (TPSA) is 49.6 Å². The molecule has 0 radical (unpaired) electrons. The fourth-order valence-corrected chi connectivity index (χ4v) is 3.37. The van der Waals surface area contributed by atoms with Crippen molar-refractivity contribution in [3.8, 4) is 0 Å². The summed E-state index contributed by atoms with van der Waals surface area (Å²) in [6, 6.07) is 23.7. The van der Waals surface area contributed by atoms with Gasteiger partial charge in [0.05, 0.1) is 5.52 Å². The summed E-state index contributed by atoms with van der Waals surface area (Å²) in [7, 11) is 0. The lowest BCUT2D eigenvalue weighted by Gasteiger charge is -2.26. The Morgan fingerprint density at radius 1 is 0.733 bits per heavy atom. The molecule has 1 aromatic heterocycles. The molecule has 0 fully saturated rings. The molecule has 1 aliphatic rings. The highest BCUT2D eigenvalue weighted by Gasteiger charge is 2.36. The van der Waals surface area contributed by atoms with Gasteiger partial charge in [-0.3, -0.25) is 4.98 Å². The number of halogens is 2. The van der Waals surface area contributed by atoms with Crippen LogP contribution in [0.3, 0.4) is 0 Å². The normalized spacial score (nSPS) is 18.5. The van der Waals surface area contributed by atoms with E-state index in [9.17, 15) is 4.39 Å². The summed E-state index contributed by atoms with van der Waals surface area (Å²) in [5.74, 6) is -2.15. The van der Waals surface area contributed by atoms with Crippen LogP contribution in [-0.2, 0) is 5.92 Å². The van der Waals surface area contributed by atoms with E-state index in [2.05, 4.69) is 20.3 Å². The van der Waals surface area contributed by atoms with E-state index in [0.29, 0.717) is 17.2 Å². The Bertz CT molecular complexity index is 1280. The minimum atomic E-state index is -2.39. The molecule has 4 aromatic rings. The Hall–Kier alpha value is -3.93. The van der Waals surface area contributed by atoms with E-state index >= 15 is 4.39 Å². The van der Waals surface area contributed by atoms with Crippen LogP contribution < -0.4 is 5.32 Å². The minimum Gasteiger partial charge on any atom is -0.324 e. The van der Waals surface area contributed by atoms with Gasteiger partial charge in [-0.2, -0.15) is 4.39 Å². The molecule has 3 aromatic carbocycles. The van der Waals surface area contributed by atoms with Crippen LogP contribution in [0.2, 0.25) is 0 Å². The molecule has 0 spiro atoms. The molecule has 5 rings (SSSR count). The molecule has 30 heavy (non-hydrogen) atoms. The number of rotatable bonds is 3. The largest absolute Gasteiger partial charge is 0.325 e. The second kappa shape index (κ2) is 7.15. The summed E-state index contributed by atoms with van der Waals surface area (Å²) in [5, 5.41) is 4.06. The number of amidine groups is 2. The van der Waals surface area contributed by atoms with Crippen molar-refractivity contribution in [1.29, 1.82) is 0 Å². The van der Waals surface area contributed by atoms with Crippen LogP contribution in [0, 0.1) is 5.82 Å². The maximum Gasteiger partial charge on any atom is 0.325 e. The van der Waals surface area contributed by atoms with Crippen molar-refractivity contribution in [3.63, 3.8) is 0 Å². The zero-order chi connectivity index (χ0) is 20.6. The van der Waals surface area contributed by atoms with E-state index in [1.165, 1.54) is 24.3 Å². The minimum absolute atomic E-state index is 0.152. The molecule has 0 saturated heterocycles. The first kappa shape index (κ1) is 18.1. The quantitative estimate of drug-likeness (QED) is 0.497. The van der Waals surface area contributed by atoms with Crippen molar-refractivity contribution in [2.75, 3.05) is 0 Å². The van der Waals surface area contributed by atoms with Crippen LogP contribution in [0.25, 0.3) is 10.9 Å². The molecule has 1 unspecified atom stereocenters. The predicted molar refractivity (Wildman–Crippen MR) is 114 cm³/mol. The zero-order valence-electron chi connectivity index (χ0n) is 15.8. The molecule has 0 amide bonds. The molecule has 4 nitrogen and oxygen atoms in total. The average Bonchev–Trinajstić information content (AvgIpc) is 2.79. The van der Waals surface area contributed by atoms with Crippen molar-refractivity contribution < 1.29 is 8.78 Å². The van der Waals surface area contributed by atoms with E-state index in [-0.39, 0.29) is 5.56 Å². The van der Waals surface area contributed by atoms with Gasteiger partial charge in [-0.15, -0.1) is 0 Å². The smallest absolute Gasteiger partial charge is 0.324 e. The Morgan fingerprint density at radius 3 is 2.23 bits per heavy atom. The maximum absolute atomic E-state index is 16.1. The van der Waals surface area contributed by atoms with Gasteiger partial charge in [-0.05, 0) is 48.5 Å². The number of nitrogens with zero attached hydrogens (tertiary/aromatic N) is 3. The number of hydrogen-bond acceptors (Lipinski definition) is 4. The molecule has 0 saturated carbocycles. The molecule has 1 N–H and O–H groups in total. The average molecular weight is 398 g/mol. The molecular formula is C24H16F2N4. The Morgan fingerprint density at radius 2 is 1.47 bits per heavy atom. The number of benzene rings is 3. The molecule has 1 aliphatic heterocycles. The monoisotopic (exact) mass is 398 g/mol. The Balaban J connectivity index is 1.66. The summed E-state index contributed by atoms with van der Waals surface area (Å²) < 4.78 is 29.5. The van der Waals surface area contributed by atoms with Crippen LogP contribution in [0.1, 0.15) is 16.7 Å². The Labute approximate surface area is 171 Å². The first-order valence-corrected chi connectivity index (χ1v) is 9.43. The van der Waals surface area contributed by atoms with Gasteiger partial charge in [0, 0.05) is 28.3 Å². The van der Waals surface area contributed by atoms with Gasteiger partial charge in [0.1, 0.15) is 17.5 Å². The third-order valence-electron chi connectivity index (χ3n) is 4.89. The number of aromatic nitrogens is 1. The number of hydrogen-bond donors (Lipinski definition) is 1. The second-order valence-corrected chi connectivity index (χ2v) is 6.92. The van der Waals surface area contributed by atoms with E-state index in [0.717, 1.165) is 16.5 Å². The second-order valence-electron chi connectivity index (χ2n) is 6.92. The third-order valence-corrected chi connectivity index (χ3v) is 4.89. The van der Waals surface area contributed by atoms with Gasteiger partial charge in [-0.25, -0.2) is 14.4 Å². The van der Waals surface area contributed by atoms with Crippen LogP contribution in [0.15, 0.2) is 101 Å². The molecular weight excluding hydrogens is 382 g/mol. The number of pyridine rings is 1. The fourth-order valence-electron chi connectivity index (χ4n) is 3.37. The number of nitrogens with one attached hydrogen (secondary N) is 1. The van der Waals surface area contributed by atoms with Crippen molar-refractivity contribution in [3.05, 3.63) is 114 Å². The first-order valence-electron chi connectivity index (χ1n) is 9.43. The number of alkyl halides is 1. The van der Waals surface area contributed by atoms with Crippen LogP contribution in [-0.4, -0.2) is 16.7 Å². The van der Waals surface area contributed by atoms with Gasteiger partial charge >= 0.3 is 5.92 Å². The predicted octanol–water partition coefficient (Wildman–Crippen LogP) is 4.95. The highest BCUT2D eigenvalue weighted by atomic mass is 19.2. The van der Waals surface area contributed by atoms with E-state index in [1.807, 2.05) is 60.7 Å². The molecule has 0 aliphatic carbocycles. The summed E-state index contributed by atoms with van der Waals surface area (Å²) in [5.41, 5.74) is 2.40. The van der Waals surface area contributed by atoms with E-state index < -0.39 is 11.7 Å². The first-order chi connectivity index (χ1) is 14.6. The molecule has 146 valence electrons. The van der Waals surface area contributed by atoms with Crippen molar-refractivity contribution in [1.82, 2.24) is 10.3 Å². The standard InChI is InChI=1S/C24H16F2N4/c25-20-11-9-19(10-12-20)24(26)29-22(16-5-2-1-3-6-16)28-23(30-24)18-8-13-21-17(15-18)7-4-14-27-21/h1-15H,(H,28,29,30). The van der Waals surface area contributed by atoms with Crippen LogP contribution >= 0.6 is 0 Å². The summed E-state index contributed by atoms with van der Waals surface area (Å²) in [6.45, 7) is 0. The zero-order valence-corrected chi connectivity index (χ0v) is 15.8. The Kier molecular flexibility index (Phi) is 4.32. The summed E-state index contributed by atoms with van der Waals surface area (Å²) in [6.07, 6.45) is 1.72. The molecule has 1 atom stereocenters. The molecule has 0 bridgehead atoms. The summed E-state index contributed by atoms with van der Waals surface area (Å²) in [4.78, 5) is 12.8. The van der Waals surface area contributed by atoms with Crippen LogP contribution in [0.5, 0.6) is 0 Å². The van der Waals surface area contributed by atoms with Crippen molar-refractivity contribution in [2.24, 2.45) is 9.98 Å². The van der Waals surface area contributed by atoms with Gasteiger partial charge in [0.2, 0.25) is 0 Å². The fraction of sp³-hybridized carbons (Fsp3) is 0.0417. The van der Waals surface area contributed by atoms with Gasteiger partial charge < -0.3 is 5.32 Å². The lowest BCUT2D eigenvalue weighted by Crippen LogP contribution is -2.40. The lowest BCUT2D eigenvalue weighted by atomic mass is 10.1. The number of fused-ring (bicyclic) bond motifs is 1. The van der Waals surface area contributed by atoms with E-state index in [1.54, 1.807) is 6.20 Å². The SMILES string of the molecule is Fc1ccc(C2(F)N=C(c3ccccc3)NC(c3ccc4ncccc4c3)=N2)cc1. The molecule has 6 heteroatoms. The highest BCUT2D eigenvalue weighted by Crippen LogP contribution is 2.33. The summed E-state index contributed by atoms with van der Waals surface area (Å²) >= 11 is 0. The molecule has 2 heterocycles. The third kappa shape index (κ3) is 3.33. The number of aliphatic imine (C=N–C) groups is 2. The van der Waals surface area contributed by atoms with E-state index in [4.69, 9.17) is 0 Å². The van der Waals surface area contributed by atoms with Gasteiger partial charge in [-0.1, -0.05) is 36.4 Å². The van der Waals surface area contributed by atoms with Gasteiger partial charge in [0.25, 0.3) is 0 Å². The highest BCUT2D eigenvalue weighted by molar-refractivity contribution is 6.16. The lowest BCUT2D eigenvalue weighted by molar-refractivity contribution is 0.188. The maximum atomic E-state index is 16.1. The van der Waals surface area contributed by atoms with Crippen molar-refractivity contribution >= 4 is 22.6 Å².